The summed E-state index contributed by atoms with van der Waals surface area (Å²) in [7, 11) is 5.61. The summed E-state index contributed by atoms with van der Waals surface area (Å²) in [4.78, 5) is 13.1. The average molecular weight is 497 g/mol. The predicted octanol–water partition coefficient (Wildman–Crippen LogP) is 1.67. The number of hydrogen-bond donors (Lipinski definition) is 2. The van der Waals surface area contributed by atoms with Gasteiger partial charge in [-0.1, -0.05) is 11.6 Å². The Morgan fingerprint density at radius 3 is 3.00 bits per heavy atom. The van der Waals surface area contributed by atoms with Gasteiger partial charge in [0.15, 0.2) is 5.96 Å². The van der Waals surface area contributed by atoms with E-state index < -0.39 is 0 Å². The lowest BCUT2D eigenvalue weighted by Gasteiger charge is -2.21. The Balaban J connectivity index is 0.00000338. The van der Waals surface area contributed by atoms with Gasteiger partial charge in [-0.2, -0.15) is 0 Å². The largest absolute Gasteiger partial charge is 0.383 e. The van der Waals surface area contributed by atoms with Gasteiger partial charge in [0, 0.05) is 59.1 Å². The predicted molar refractivity (Wildman–Crippen MR) is 119 cm³/mol. The summed E-state index contributed by atoms with van der Waals surface area (Å²) in [6.07, 6.45) is 2.81. The average Bonchev–Trinajstić information content (AvgIpc) is 3.07. The first-order valence-corrected chi connectivity index (χ1v) is 9.02. The van der Waals surface area contributed by atoms with Crippen molar-refractivity contribution in [2.75, 3.05) is 65.4 Å². The molecular formula is C17H30ClIN6O. The molecule has 1 atom stereocenters. The summed E-state index contributed by atoms with van der Waals surface area (Å²) in [5.41, 5.74) is 0. The van der Waals surface area contributed by atoms with E-state index in [1.165, 1.54) is 0 Å². The third-order valence-electron chi connectivity index (χ3n) is 4.25. The Morgan fingerprint density at radius 1 is 1.50 bits per heavy atom. The summed E-state index contributed by atoms with van der Waals surface area (Å²) in [5.74, 6) is 1.69. The number of halogens is 2. The van der Waals surface area contributed by atoms with Crippen molar-refractivity contribution in [1.29, 1.82) is 0 Å². The second-order valence-corrected chi connectivity index (χ2v) is 6.59. The van der Waals surface area contributed by atoms with Crippen molar-refractivity contribution in [2.24, 2.45) is 4.99 Å². The highest BCUT2D eigenvalue weighted by molar-refractivity contribution is 14.0. The Kier molecular flexibility index (Phi) is 11.2. The quantitative estimate of drug-likeness (QED) is 0.324. The Hall–Kier alpha value is -0.840. The van der Waals surface area contributed by atoms with Crippen LogP contribution in [0.1, 0.15) is 6.42 Å². The Bertz CT molecular complexity index is 562. The SMILES string of the molecule is CN=C(NCCN(C)CCOC)NC1CCN(c2ncccc2Cl)C1.I. The van der Waals surface area contributed by atoms with Crippen LogP contribution in [0.15, 0.2) is 23.3 Å². The Labute approximate surface area is 178 Å². The normalized spacial score (nSPS) is 17.3. The highest BCUT2D eigenvalue weighted by atomic mass is 127. The maximum absolute atomic E-state index is 6.25. The molecule has 1 fully saturated rings. The van der Waals surface area contributed by atoms with Gasteiger partial charge in [-0.05, 0) is 25.6 Å². The zero-order chi connectivity index (χ0) is 18.1. The van der Waals surface area contributed by atoms with Gasteiger partial charge in [0.05, 0.1) is 11.6 Å². The van der Waals surface area contributed by atoms with Gasteiger partial charge >= 0.3 is 0 Å². The van der Waals surface area contributed by atoms with Crippen LogP contribution in [0, 0.1) is 0 Å². The molecule has 1 aromatic rings. The molecule has 2 heterocycles. The minimum atomic E-state index is 0. The van der Waals surface area contributed by atoms with Crippen molar-refractivity contribution in [3.05, 3.63) is 23.4 Å². The second-order valence-electron chi connectivity index (χ2n) is 6.18. The van der Waals surface area contributed by atoms with Crippen LogP contribution in [0.3, 0.4) is 0 Å². The summed E-state index contributed by atoms with van der Waals surface area (Å²) in [6.45, 7) is 5.24. The van der Waals surface area contributed by atoms with E-state index in [1.54, 1.807) is 20.4 Å². The van der Waals surface area contributed by atoms with Gasteiger partial charge in [0.25, 0.3) is 0 Å². The second kappa shape index (κ2) is 12.5. The number of anilines is 1. The molecule has 1 aliphatic rings. The molecule has 2 rings (SSSR count). The van der Waals surface area contributed by atoms with Crippen molar-refractivity contribution in [3.63, 3.8) is 0 Å². The lowest BCUT2D eigenvalue weighted by atomic mass is 10.3. The van der Waals surface area contributed by atoms with Crippen LogP contribution < -0.4 is 15.5 Å². The molecule has 1 unspecified atom stereocenters. The molecule has 0 saturated carbocycles. The molecule has 148 valence electrons. The van der Waals surface area contributed by atoms with E-state index in [0.717, 1.165) is 57.5 Å². The third kappa shape index (κ3) is 7.42. The van der Waals surface area contributed by atoms with E-state index in [-0.39, 0.29) is 24.0 Å². The van der Waals surface area contributed by atoms with Gasteiger partial charge in [-0.15, -0.1) is 24.0 Å². The van der Waals surface area contributed by atoms with Crippen LogP contribution in [0.2, 0.25) is 5.02 Å². The standard InChI is InChI=1S/C17H29ClN6O.HI/c1-19-17(21-8-10-23(2)11-12-25-3)22-14-6-9-24(13-14)16-15(18)5-4-7-20-16;/h4-5,7,14H,6,8-13H2,1-3H3,(H2,19,21,22);1H. The fraction of sp³-hybridized carbons (Fsp3) is 0.647. The molecule has 0 aromatic carbocycles. The maximum Gasteiger partial charge on any atom is 0.191 e. The number of hydrogen-bond acceptors (Lipinski definition) is 5. The van der Waals surface area contributed by atoms with Crippen molar-refractivity contribution in [2.45, 2.75) is 12.5 Å². The number of nitrogens with zero attached hydrogens (tertiary/aromatic N) is 4. The van der Waals surface area contributed by atoms with E-state index in [0.29, 0.717) is 11.1 Å². The van der Waals surface area contributed by atoms with Crippen LogP contribution in [0.25, 0.3) is 0 Å². The molecule has 1 aromatic heterocycles. The number of pyridine rings is 1. The zero-order valence-corrected chi connectivity index (χ0v) is 18.8. The molecule has 26 heavy (non-hydrogen) atoms. The van der Waals surface area contributed by atoms with Gasteiger partial charge in [0.1, 0.15) is 5.82 Å². The number of rotatable bonds is 8. The van der Waals surface area contributed by atoms with E-state index in [2.05, 4.69) is 37.5 Å². The first kappa shape index (κ1) is 23.2. The highest BCUT2D eigenvalue weighted by Gasteiger charge is 2.25. The molecule has 2 N–H and O–H groups in total. The molecule has 0 radical (unpaired) electrons. The topological polar surface area (TPSA) is 65.0 Å². The van der Waals surface area contributed by atoms with Gasteiger partial charge in [-0.25, -0.2) is 4.98 Å². The lowest BCUT2D eigenvalue weighted by molar-refractivity contribution is 0.162. The van der Waals surface area contributed by atoms with E-state index in [4.69, 9.17) is 16.3 Å². The minimum Gasteiger partial charge on any atom is -0.383 e. The monoisotopic (exact) mass is 496 g/mol. The highest BCUT2D eigenvalue weighted by Crippen LogP contribution is 2.25. The molecule has 0 aliphatic carbocycles. The summed E-state index contributed by atoms with van der Waals surface area (Å²) >= 11 is 6.25. The molecule has 1 aliphatic heterocycles. The molecule has 0 amide bonds. The zero-order valence-electron chi connectivity index (χ0n) is 15.7. The van der Waals surface area contributed by atoms with Crippen LogP contribution in [-0.2, 0) is 4.74 Å². The number of aliphatic imine (C=N–C) groups is 1. The maximum atomic E-state index is 6.25. The number of guanidine groups is 1. The number of methoxy groups -OCH3 is 1. The number of nitrogens with one attached hydrogen (secondary N) is 2. The van der Waals surface area contributed by atoms with Crippen molar-refractivity contribution in [3.8, 4) is 0 Å². The number of likely N-dealkylation sites (N-methyl/N-ethyl adjacent to an activating group) is 1. The van der Waals surface area contributed by atoms with E-state index in [1.807, 2.05) is 12.1 Å². The molecule has 1 saturated heterocycles. The lowest BCUT2D eigenvalue weighted by Crippen LogP contribution is -2.46. The summed E-state index contributed by atoms with van der Waals surface area (Å²) in [6, 6.07) is 4.06. The fourth-order valence-electron chi connectivity index (χ4n) is 2.79. The Morgan fingerprint density at radius 2 is 2.31 bits per heavy atom. The fourth-order valence-corrected chi connectivity index (χ4v) is 3.03. The number of ether oxygens (including phenoxy) is 1. The smallest absolute Gasteiger partial charge is 0.191 e. The minimum absolute atomic E-state index is 0. The van der Waals surface area contributed by atoms with Crippen LogP contribution in [-0.4, -0.2) is 82.4 Å². The van der Waals surface area contributed by atoms with Crippen molar-refractivity contribution >= 4 is 47.4 Å². The molecule has 0 bridgehead atoms. The summed E-state index contributed by atoms with van der Waals surface area (Å²) < 4.78 is 5.09. The van der Waals surface area contributed by atoms with Gasteiger partial charge in [-0.3, -0.25) is 4.99 Å². The van der Waals surface area contributed by atoms with Crippen LogP contribution in [0.5, 0.6) is 0 Å². The third-order valence-corrected chi connectivity index (χ3v) is 4.55. The van der Waals surface area contributed by atoms with Gasteiger partial charge < -0.3 is 25.2 Å². The van der Waals surface area contributed by atoms with Crippen molar-refractivity contribution in [1.82, 2.24) is 20.5 Å². The molecule has 9 heteroatoms. The van der Waals surface area contributed by atoms with Crippen LogP contribution in [0.4, 0.5) is 5.82 Å². The first-order chi connectivity index (χ1) is 12.1. The summed E-state index contributed by atoms with van der Waals surface area (Å²) in [5, 5.41) is 7.55. The van der Waals surface area contributed by atoms with E-state index >= 15 is 0 Å². The number of aromatic nitrogens is 1. The van der Waals surface area contributed by atoms with Crippen molar-refractivity contribution < 1.29 is 4.74 Å². The van der Waals surface area contributed by atoms with Gasteiger partial charge in [0.2, 0.25) is 0 Å². The van der Waals surface area contributed by atoms with Crippen LogP contribution >= 0.6 is 35.6 Å². The van der Waals surface area contributed by atoms with E-state index in [9.17, 15) is 0 Å². The molecular weight excluding hydrogens is 467 g/mol. The molecule has 7 nitrogen and oxygen atoms in total. The first-order valence-electron chi connectivity index (χ1n) is 8.64. The molecule has 0 spiro atoms.